The molecule has 0 aromatic carbocycles. The van der Waals surface area contributed by atoms with Crippen LogP contribution >= 0.6 is 0 Å². The average molecular weight is 292 g/mol. The van der Waals surface area contributed by atoms with Crippen molar-refractivity contribution in [2.45, 2.75) is 46.1 Å². The van der Waals surface area contributed by atoms with E-state index in [1.54, 1.807) is 0 Å². The monoisotopic (exact) mass is 292 g/mol. The second-order valence-corrected chi connectivity index (χ2v) is 6.16. The van der Waals surface area contributed by atoms with Crippen molar-refractivity contribution in [3.63, 3.8) is 0 Å². The van der Waals surface area contributed by atoms with Gasteiger partial charge in [0.05, 0.1) is 6.61 Å². The summed E-state index contributed by atoms with van der Waals surface area (Å²) in [5, 5.41) is 2.77. The quantitative estimate of drug-likeness (QED) is 0.734. The molecule has 1 fully saturated rings. The normalized spacial score (nSPS) is 29.4. The van der Waals surface area contributed by atoms with Gasteiger partial charge in [0.15, 0.2) is 0 Å². The molecule has 0 aromatic heterocycles. The van der Waals surface area contributed by atoms with Crippen LogP contribution in [0.3, 0.4) is 0 Å². The van der Waals surface area contributed by atoms with Crippen LogP contribution in [-0.4, -0.2) is 38.1 Å². The van der Waals surface area contributed by atoms with Crippen LogP contribution in [-0.2, 0) is 9.53 Å². The van der Waals surface area contributed by atoms with E-state index in [0.29, 0.717) is 0 Å². The number of carbonyl (C=O) groups is 1. The van der Waals surface area contributed by atoms with Crippen molar-refractivity contribution >= 4 is 5.91 Å². The van der Waals surface area contributed by atoms with E-state index in [4.69, 9.17) is 10.5 Å². The second kappa shape index (κ2) is 7.31. The van der Waals surface area contributed by atoms with Crippen molar-refractivity contribution < 1.29 is 18.3 Å². The summed E-state index contributed by atoms with van der Waals surface area (Å²) in [6, 6.07) is 0.128. The first kappa shape index (κ1) is 17.3. The predicted molar refractivity (Wildman–Crippen MR) is 73.5 cm³/mol. The Morgan fingerprint density at radius 2 is 2.10 bits per heavy atom. The van der Waals surface area contributed by atoms with Crippen LogP contribution in [0.4, 0.5) is 8.78 Å². The lowest BCUT2D eigenvalue weighted by molar-refractivity contribution is -0.132. The molecule has 0 saturated heterocycles. The van der Waals surface area contributed by atoms with Gasteiger partial charge in [0.25, 0.3) is 6.43 Å². The van der Waals surface area contributed by atoms with Gasteiger partial charge in [-0.2, -0.15) is 0 Å². The van der Waals surface area contributed by atoms with Gasteiger partial charge in [0.1, 0.15) is 6.61 Å². The molecule has 6 heteroatoms. The second-order valence-electron chi connectivity index (χ2n) is 6.16. The maximum Gasteiger partial charge on any atom is 0.261 e. The smallest absolute Gasteiger partial charge is 0.261 e. The summed E-state index contributed by atoms with van der Waals surface area (Å²) in [7, 11) is 0. The first-order valence-corrected chi connectivity index (χ1v) is 7.16. The van der Waals surface area contributed by atoms with Gasteiger partial charge in [0.2, 0.25) is 5.91 Å². The lowest BCUT2D eigenvalue weighted by Gasteiger charge is -2.46. The van der Waals surface area contributed by atoms with Crippen LogP contribution in [0, 0.1) is 17.3 Å². The largest absolute Gasteiger partial charge is 0.374 e. The number of alkyl halides is 2. The van der Waals surface area contributed by atoms with Crippen molar-refractivity contribution in [3.8, 4) is 0 Å². The highest BCUT2D eigenvalue weighted by molar-refractivity contribution is 5.79. The Morgan fingerprint density at radius 3 is 2.70 bits per heavy atom. The number of nitrogens with two attached hydrogens (primary N) is 1. The van der Waals surface area contributed by atoms with Crippen molar-refractivity contribution in [3.05, 3.63) is 0 Å². The van der Waals surface area contributed by atoms with Crippen molar-refractivity contribution in [2.24, 2.45) is 23.0 Å². The summed E-state index contributed by atoms with van der Waals surface area (Å²) in [5.41, 5.74) is 5.90. The number of nitrogens with one attached hydrogen (secondary N) is 1. The van der Waals surface area contributed by atoms with Crippen molar-refractivity contribution in [1.82, 2.24) is 5.32 Å². The molecular weight excluding hydrogens is 266 g/mol. The number of halogens is 2. The summed E-state index contributed by atoms with van der Waals surface area (Å²) in [6.07, 6.45) is -0.863. The molecule has 20 heavy (non-hydrogen) atoms. The number of amides is 1. The SMILES string of the molecule is CC1C(N)CCC(C(=O)NCCOCC(F)F)C1(C)C. The van der Waals surface area contributed by atoms with Crippen molar-refractivity contribution in [1.29, 1.82) is 0 Å². The zero-order valence-electron chi connectivity index (χ0n) is 12.5. The van der Waals surface area contributed by atoms with Gasteiger partial charge >= 0.3 is 0 Å². The molecule has 1 aliphatic rings. The molecule has 4 nitrogen and oxygen atoms in total. The van der Waals surface area contributed by atoms with Gasteiger partial charge in [-0.1, -0.05) is 20.8 Å². The fourth-order valence-electron chi connectivity index (χ4n) is 2.86. The van der Waals surface area contributed by atoms with Gasteiger partial charge in [-0.05, 0) is 24.2 Å². The lowest BCUT2D eigenvalue weighted by Crippen LogP contribution is -2.51. The van der Waals surface area contributed by atoms with Gasteiger partial charge in [-0.25, -0.2) is 8.78 Å². The van der Waals surface area contributed by atoms with Crippen LogP contribution in [0.15, 0.2) is 0 Å². The van der Waals surface area contributed by atoms with Crippen LogP contribution in [0.1, 0.15) is 33.6 Å². The number of rotatable bonds is 6. The number of hydrogen-bond donors (Lipinski definition) is 2. The van der Waals surface area contributed by atoms with E-state index in [-0.39, 0.29) is 42.4 Å². The third kappa shape index (κ3) is 4.38. The Bertz CT molecular complexity index is 324. The highest BCUT2D eigenvalue weighted by Crippen LogP contribution is 2.44. The average Bonchev–Trinajstić information content (AvgIpc) is 2.35. The molecule has 3 atom stereocenters. The zero-order valence-corrected chi connectivity index (χ0v) is 12.5. The Hall–Kier alpha value is -0.750. The van der Waals surface area contributed by atoms with Gasteiger partial charge < -0.3 is 15.8 Å². The summed E-state index contributed by atoms with van der Waals surface area (Å²) in [5.74, 6) is 0.142. The zero-order chi connectivity index (χ0) is 15.3. The van der Waals surface area contributed by atoms with E-state index in [9.17, 15) is 13.6 Å². The lowest BCUT2D eigenvalue weighted by atomic mass is 9.61. The number of hydrogen-bond acceptors (Lipinski definition) is 3. The maximum absolute atomic E-state index is 12.2. The maximum atomic E-state index is 12.2. The van der Waals surface area contributed by atoms with Gasteiger partial charge in [0, 0.05) is 18.5 Å². The van der Waals surface area contributed by atoms with Crippen LogP contribution < -0.4 is 11.1 Å². The van der Waals surface area contributed by atoms with E-state index < -0.39 is 13.0 Å². The van der Waals surface area contributed by atoms with E-state index in [1.807, 2.05) is 0 Å². The molecule has 118 valence electrons. The molecule has 1 rings (SSSR count). The fourth-order valence-corrected chi connectivity index (χ4v) is 2.86. The molecule has 0 heterocycles. The van der Waals surface area contributed by atoms with Gasteiger partial charge in [-0.15, -0.1) is 0 Å². The van der Waals surface area contributed by atoms with Crippen LogP contribution in [0.2, 0.25) is 0 Å². The first-order chi connectivity index (χ1) is 9.26. The Balaban J connectivity index is 2.39. The molecule has 3 unspecified atom stereocenters. The summed E-state index contributed by atoms with van der Waals surface area (Å²) in [6.45, 7) is 5.99. The fraction of sp³-hybridized carbons (Fsp3) is 0.929. The van der Waals surface area contributed by atoms with E-state index in [0.717, 1.165) is 12.8 Å². The van der Waals surface area contributed by atoms with Crippen molar-refractivity contribution in [2.75, 3.05) is 19.8 Å². The van der Waals surface area contributed by atoms with Gasteiger partial charge in [-0.3, -0.25) is 4.79 Å². The molecule has 0 bridgehead atoms. The molecule has 0 aromatic rings. The van der Waals surface area contributed by atoms with Crippen LogP contribution in [0.5, 0.6) is 0 Å². The molecule has 1 aliphatic carbocycles. The summed E-state index contributed by atoms with van der Waals surface area (Å²) in [4.78, 5) is 12.2. The summed E-state index contributed by atoms with van der Waals surface area (Å²) < 4.78 is 28.5. The Morgan fingerprint density at radius 1 is 1.45 bits per heavy atom. The van der Waals surface area contributed by atoms with E-state index in [2.05, 4.69) is 26.1 Å². The molecule has 0 spiro atoms. The number of carbonyl (C=O) groups excluding carboxylic acids is 1. The topological polar surface area (TPSA) is 64.4 Å². The molecule has 0 radical (unpaired) electrons. The van der Waals surface area contributed by atoms with E-state index in [1.165, 1.54) is 0 Å². The highest BCUT2D eigenvalue weighted by Gasteiger charge is 2.44. The minimum atomic E-state index is -2.47. The number of ether oxygens (including phenoxy) is 1. The Kier molecular flexibility index (Phi) is 6.33. The third-order valence-corrected chi connectivity index (χ3v) is 4.61. The predicted octanol–water partition coefficient (Wildman–Crippen LogP) is 1.78. The summed E-state index contributed by atoms with van der Waals surface area (Å²) >= 11 is 0. The molecule has 1 saturated carbocycles. The standard InChI is InChI=1S/C14H26F2N2O2/c1-9-11(17)5-4-10(14(9,2)3)13(19)18-6-7-20-8-12(15)16/h9-12H,4-8,17H2,1-3H3,(H,18,19). The first-order valence-electron chi connectivity index (χ1n) is 7.16. The molecular formula is C14H26F2N2O2. The molecule has 0 aliphatic heterocycles. The molecule has 1 amide bonds. The molecule has 3 N–H and O–H groups in total. The Labute approximate surface area is 119 Å². The van der Waals surface area contributed by atoms with E-state index >= 15 is 0 Å². The minimum Gasteiger partial charge on any atom is -0.374 e. The van der Waals surface area contributed by atoms with Crippen LogP contribution in [0.25, 0.3) is 0 Å². The minimum absolute atomic E-state index is 0.0330. The third-order valence-electron chi connectivity index (χ3n) is 4.61. The highest BCUT2D eigenvalue weighted by atomic mass is 19.3.